The molecule has 0 fully saturated rings. The van der Waals surface area contributed by atoms with Crippen LogP contribution in [-0.4, -0.2) is 26.1 Å². The van der Waals surface area contributed by atoms with E-state index < -0.39 is 14.8 Å². The predicted octanol–water partition coefficient (Wildman–Crippen LogP) is 4.24. The maximum atomic E-state index is 11.7. The Morgan fingerprint density at radius 1 is 0.929 bits per heavy atom. The minimum absolute atomic E-state index is 0.0170. The van der Waals surface area contributed by atoms with Gasteiger partial charge in [-0.1, -0.05) is 60.7 Å². The summed E-state index contributed by atoms with van der Waals surface area (Å²) in [5.41, 5.74) is 2.19. The lowest BCUT2D eigenvalue weighted by Crippen LogP contribution is -2.15. The van der Waals surface area contributed by atoms with Gasteiger partial charge in [0.2, 0.25) is 0 Å². The lowest BCUT2D eigenvalue weighted by atomic mass is 9.91. The van der Waals surface area contributed by atoms with Gasteiger partial charge in [-0.2, -0.15) is 0 Å². The predicted molar refractivity (Wildman–Crippen MR) is 109 cm³/mol. The molecule has 7 heteroatoms. The number of nitrogens with zero attached hydrogens (tertiary/aromatic N) is 1. The fourth-order valence-electron chi connectivity index (χ4n) is 3.05. The average molecular weight is 396 g/mol. The van der Waals surface area contributed by atoms with Gasteiger partial charge in [0.1, 0.15) is 5.69 Å². The van der Waals surface area contributed by atoms with E-state index in [4.69, 9.17) is 0 Å². The van der Waals surface area contributed by atoms with Crippen molar-refractivity contribution in [3.63, 3.8) is 0 Å². The van der Waals surface area contributed by atoms with Crippen LogP contribution in [0.25, 0.3) is 0 Å². The van der Waals surface area contributed by atoms with Gasteiger partial charge in [0.15, 0.2) is 9.84 Å². The molecule has 0 aliphatic rings. The molecule has 0 saturated heterocycles. The maximum Gasteiger partial charge on any atom is 0.293 e. The number of nitro groups is 1. The second-order valence-corrected chi connectivity index (χ2v) is 8.48. The van der Waals surface area contributed by atoms with E-state index >= 15 is 0 Å². The second kappa shape index (κ2) is 8.22. The molecule has 0 aliphatic heterocycles. The summed E-state index contributed by atoms with van der Waals surface area (Å²) >= 11 is 0. The molecule has 144 valence electrons. The summed E-state index contributed by atoms with van der Waals surface area (Å²) in [5, 5.41) is 14.6. The van der Waals surface area contributed by atoms with Crippen LogP contribution in [0.2, 0.25) is 0 Å². The van der Waals surface area contributed by atoms with Gasteiger partial charge in [0.05, 0.1) is 9.82 Å². The van der Waals surface area contributed by atoms with Gasteiger partial charge in [-0.15, -0.1) is 0 Å². The first-order valence-corrected chi connectivity index (χ1v) is 10.6. The Balaban J connectivity index is 1.93. The lowest BCUT2D eigenvalue weighted by molar-refractivity contribution is -0.384. The molecule has 0 spiro atoms. The topological polar surface area (TPSA) is 89.3 Å². The highest BCUT2D eigenvalue weighted by Crippen LogP contribution is 2.30. The molecule has 0 atom stereocenters. The second-order valence-electron chi connectivity index (χ2n) is 6.46. The Labute approximate surface area is 163 Å². The van der Waals surface area contributed by atoms with Crippen LogP contribution in [-0.2, 0) is 9.84 Å². The number of rotatable bonds is 7. The number of benzene rings is 3. The molecule has 0 aliphatic carbocycles. The highest BCUT2D eigenvalue weighted by Gasteiger charge is 2.20. The molecule has 6 nitrogen and oxygen atoms in total. The Kier molecular flexibility index (Phi) is 5.75. The summed E-state index contributed by atoms with van der Waals surface area (Å²) in [6.45, 7) is 0.424. The van der Waals surface area contributed by atoms with Crippen molar-refractivity contribution < 1.29 is 13.3 Å². The number of nitro benzene ring substituents is 1. The average Bonchev–Trinajstić information content (AvgIpc) is 2.69. The van der Waals surface area contributed by atoms with Gasteiger partial charge in [0.25, 0.3) is 5.69 Å². The third kappa shape index (κ3) is 4.55. The Morgan fingerprint density at radius 3 is 1.93 bits per heavy atom. The van der Waals surface area contributed by atoms with E-state index in [1.807, 2.05) is 60.7 Å². The molecule has 0 unspecified atom stereocenters. The van der Waals surface area contributed by atoms with Crippen molar-refractivity contribution in [1.82, 2.24) is 0 Å². The molecule has 3 aromatic rings. The summed E-state index contributed by atoms with van der Waals surface area (Å²) in [6.07, 6.45) is 1.03. The zero-order chi connectivity index (χ0) is 20.1. The normalized spacial score (nSPS) is 11.4. The zero-order valence-corrected chi connectivity index (χ0v) is 16.1. The molecule has 28 heavy (non-hydrogen) atoms. The van der Waals surface area contributed by atoms with Crippen LogP contribution in [0.1, 0.15) is 17.0 Å². The van der Waals surface area contributed by atoms with Crippen LogP contribution in [0.5, 0.6) is 0 Å². The van der Waals surface area contributed by atoms with Crippen molar-refractivity contribution in [3.05, 3.63) is 100 Å². The third-order valence-corrected chi connectivity index (χ3v) is 5.60. The van der Waals surface area contributed by atoms with Crippen molar-refractivity contribution in [2.24, 2.45) is 0 Å². The lowest BCUT2D eigenvalue weighted by Gasteiger charge is -2.19. The minimum Gasteiger partial charge on any atom is -0.379 e. The van der Waals surface area contributed by atoms with Gasteiger partial charge >= 0.3 is 0 Å². The SMILES string of the molecule is CS(=O)(=O)c1ccc(NCC(c2ccccc2)c2ccccc2)c([N+](=O)[O-])c1. The molecule has 1 N–H and O–H groups in total. The molecule has 3 aromatic carbocycles. The van der Waals surface area contributed by atoms with Crippen molar-refractivity contribution in [1.29, 1.82) is 0 Å². The summed E-state index contributed by atoms with van der Waals surface area (Å²) in [7, 11) is -3.53. The van der Waals surface area contributed by atoms with Gasteiger partial charge < -0.3 is 5.32 Å². The smallest absolute Gasteiger partial charge is 0.293 e. The largest absolute Gasteiger partial charge is 0.379 e. The molecule has 3 rings (SSSR count). The van der Waals surface area contributed by atoms with Gasteiger partial charge in [-0.05, 0) is 23.3 Å². The first-order valence-electron chi connectivity index (χ1n) is 8.68. The Morgan fingerprint density at radius 2 is 1.46 bits per heavy atom. The Hall–Kier alpha value is -3.19. The highest BCUT2D eigenvalue weighted by molar-refractivity contribution is 7.90. The first kappa shape index (κ1) is 19.6. The fraction of sp³-hybridized carbons (Fsp3) is 0.143. The minimum atomic E-state index is -3.53. The molecule has 0 heterocycles. The van der Waals surface area contributed by atoms with Crippen LogP contribution >= 0.6 is 0 Å². The van der Waals surface area contributed by atoms with E-state index in [9.17, 15) is 18.5 Å². The van der Waals surface area contributed by atoms with Crippen LogP contribution in [0.3, 0.4) is 0 Å². The van der Waals surface area contributed by atoms with E-state index in [1.54, 1.807) is 0 Å². The molecule has 0 amide bonds. The summed E-state index contributed by atoms with van der Waals surface area (Å²) in [6, 6.07) is 23.7. The van der Waals surface area contributed by atoms with E-state index in [-0.39, 0.29) is 22.2 Å². The number of sulfone groups is 1. The van der Waals surface area contributed by atoms with Crippen LogP contribution in [0.4, 0.5) is 11.4 Å². The van der Waals surface area contributed by atoms with Crippen LogP contribution < -0.4 is 5.32 Å². The quantitative estimate of drug-likeness (QED) is 0.476. The molecule has 0 aromatic heterocycles. The third-order valence-electron chi connectivity index (χ3n) is 4.49. The van der Waals surface area contributed by atoms with E-state index in [1.165, 1.54) is 12.1 Å². The summed E-state index contributed by atoms with van der Waals surface area (Å²) < 4.78 is 23.4. The molecular weight excluding hydrogens is 376 g/mol. The molecular formula is C21H20N2O4S. The van der Waals surface area contributed by atoms with Crippen LogP contribution in [0, 0.1) is 10.1 Å². The van der Waals surface area contributed by atoms with Crippen molar-refractivity contribution >= 4 is 21.2 Å². The monoisotopic (exact) mass is 396 g/mol. The maximum absolute atomic E-state index is 11.7. The van der Waals surface area contributed by atoms with Crippen LogP contribution in [0.15, 0.2) is 83.8 Å². The van der Waals surface area contributed by atoms with Gasteiger partial charge in [0, 0.05) is 24.8 Å². The highest BCUT2D eigenvalue weighted by atomic mass is 32.2. The van der Waals surface area contributed by atoms with Gasteiger partial charge in [-0.3, -0.25) is 10.1 Å². The van der Waals surface area contributed by atoms with Crippen molar-refractivity contribution in [2.45, 2.75) is 10.8 Å². The number of anilines is 1. The van der Waals surface area contributed by atoms with Gasteiger partial charge in [-0.25, -0.2) is 8.42 Å². The van der Waals surface area contributed by atoms with Crippen molar-refractivity contribution in [3.8, 4) is 0 Å². The molecule has 0 saturated carbocycles. The Bertz CT molecular complexity index is 1030. The number of hydrogen-bond acceptors (Lipinski definition) is 5. The zero-order valence-electron chi connectivity index (χ0n) is 15.3. The summed E-state index contributed by atoms with van der Waals surface area (Å²) in [4.78, 5) is 10.8. The molecule has 0 radical (unpaired) electrons. The standard InChI is InChI=1S/C21H20N2O4S/c1-28(26,27)18-12-13-20(21(14-18)23(24)25)22-15-19(16-8-4-2-5-9-16)17-10-6-3-7-11-17/h2-14,19,22H,15H2,1H3. The fourth-order valence-corrected chi connectivity index (χ4v) is 3.69. The van der Waals surface area contributed by atoms with E-state index in [0.29, 0.717) is 6.54 Å². The molecule has 0 bridgehead atoms. The first-order chi connectivity index (χ1) is 13.4. The van der Waals surface area contributed by atoms with Crippen molar-refractivity contribution in [2.75, 3.05) is 18.1 Å². The van der Waals surface area contributed by atoms with E-state index in [0.717, 1.165) is 23.4 Å². The number of hydrogen-bond donors (Lipinski definition) is 1. The van der Waals surface area contributed by atoms with E-state index in [2.05, 4.69) is 5.32 Å². The summed E-state index contributed by atoms with van der Waals surface area (Å²) in [5.74, 6) is -0.0170. The number of nitrogens with one attached hydrogen (secondary N) is 1.